The van der Waals surface area contributed by atoms with Crippen LogP contribution in [-0.2, 0) is 42.2 Å². The molecule has 7 aliphatic rings. The maximum absolute atomic E-state index is 12.9. The van der Waals surface area contributed by atoms with Crippen LogP contribution < -0.4 is 103 Å². The number of hydrogen-bond donors (Lipinski definition) is 2. The summed E-state index contributed by atoms with van der Waals surface area (Å²) in [7, 11) is 36.1. The van der Waals surface area contributed by atoms with E-state index < -0.39 is 6.10 Å². The molecule has 15 rings (SSSR count). The van der Waals surface area contributed by atoms with Crippen molar-refractivity contribution in [3.05, 3.63) is 221 Å². The standard InChI is InChI=1S/C24H29NO3.C17H21NO3.C16H22N2O2.C14H22N2O2.C12H19N2O2.C10H15NO.C9H13N2O2.2BrH.ClH/c1-27-22-14-19-13-20(24(26)21(19)15-23(22)28-2)12-17-8-10-25(11-9-17)16-18-6-4-3-5-7-18;1-18-8-7-17-6-5-12(19)9-14(17)21-16-13(20-2)4-3-11(10-18)15(16)17;1-5-14(19)20-11-6-7-13-12(10-11)16(2)8-9-17(3)15(16)18(13)4;1-6-16(5)14(17)18-13-9-7-8-12(10-13)11(2)15(3)4;1-13(2)12(15)16-11-8-6-7-10(9-11)14(3,4)5;1-4-11(2,3)9-6-5-7-10(12)8-9;1-10(2)9(12)13-8-5-4-6-11(3)7-8;;;/h3-7,14-15,17,20H,8-13,16H2,1-2H3;3-6,12,14,19H,7-10H2,1-2H3;6-7,10,15H,5,8-9H2,1-4H3;7-11H,6H2,1-5H3;6-9H,1-5H3;5-8H,4H2,1-3H3;4-7H,1-3H3;3*1H/q;;;;+1;;+1;;;/p-2/t;12-,14-,17-;15-,16+;11-;;;;;;/m.010....../s1. The number of anilines is 1. The molecule has 7 atom stereocenters. The van der Waals surface area contributed by atoms with Gasteiger partial charge in [-0.15, -0.1) is 0 Å². The fraction of sp³-hybridized carbons (Fsp3) is 0.471. The van der Waals surface area contributed by atoms with Gasteiger partial charge in [-0.2, -0.15) is 0 Å². The molecule has 0 radical (unpaired) electrons. The summed E-state index contributed by atoms with van der Waals surface area (Å²) < 4.78 is 46.7. The molecule has 1 spiro atoms. The van der Waals surface area contributed by atoms with Crippen LogP contribution >= 0.6 is 0 Å². The number of methoxy groups -OCH3 is 3. The molecule has 7 aromatic carbocycles. The molecule has 6 heterocycles. The number of halogens is 3. The largest absolute Gasteiger partial charge is 1.00 e. The fourth-order valence-corrected chi connectivity index (χ4v) is 17.1. The average Bonchev–Trinajstić information content (AvgIpc) is 1.56. The molecule has 5 aliphatic heterocycles. The van der Waals surface area contributed by atoms with Crippen molar-refractivity contribution in [3.8, 4) is 51.7 Å². The minimum absolute atomic E-state index is 0. The number of carbonyl (C=O) groups excluding carboxylic acids is 5. The molecule has 29 heteroatoms. The Kier molecular flexibility index (Phi) is 41.7. The Morgan fingerprint density at radius 1 is 0.649 bits per heavy atom. The van der Waals surface area contributed by atoms with Gasteiger partial charge in [0.05, 0.1) is 80.8 Å². The predicted octanol–water partition coefficient (Wildman–Crippen LogP) is 6.85. The molecular weight excluding hydrogens is 1810 g/mol. The number of ketones is 1. The van der Waals surface area contributed by atoms with Gasteiger partial charge in [-0.25, -0.2) is 19.0 Å². The van der Waals surface area contributed by atoms with E-state index in [9.17, 15) is 34.2 Å². The first-order chi connectivity index (χ1) is 60.7. The van der Waals surface area contributed by atoms with E-state index in [1.54, 1.807) is 87.0 Å². The maximum Gasteiger partial charge on any atom is 0.414 e. The first kappa shape index (κ1) is 110. The van der Waals surface area contributed by atoms with Gasteiger partial charge in [0.1, 0.15) is 47.5 Å². The lowest BCUT2D eigenvalue weighted by molar-refractivity contribution is -0.671. The van der Waals surface area contributed by atoms with E-state index in [0.717, 1.165) is 116 Å². The van der Waals surface area contributed by atoms with E-state index >= 15 is 0 Å². The van der Waals surface area contributed by atoms with Crippen molar-refractivity contribution in [1.82, 2.24) is 43.3 Å². The quantitative estimate of drug-likeness (QED) is 0.0294. The van der Waals surface area contributed by atoms with Gasteiger partial charge in [0.15, 0.2) is 40.7 Å². The van der Waals surface area contributed by atoms with E-state index in [1.165, 1.54) is 55.5 Å². The molecule has 131 heavy (non-hydrogen) atoms. The van der Waals surface area contributed by atoms with Crippen LogP contribution in [0.2, 0.25) is 0 Å². The number of aliphatic hydroxyl groups excluding tert-OH is 1. The molecule has 2 N–H and O–H groups in total. The predicted molar refractivity (Wildman–Crippen MR) is 507 cm³/mol. The highest BCUT2D eigenvalue weighted by Gasteiger charge is 2.54. The lowest BCUT2D eigenvalue weighted by Crippen LogP contribution is -3.00. The fourth-order valence-electron chi connectivity index (χ4n) is 17.1. The van der Waals surface area contributed by atoms with Crippen LogP contribution in [-0.4, -0.2) is 259 Å². The molecule has 0 saturated carbocycles. The number of phenols is 1. The number of aryl methyl sites for hydroxylation is 1. The van der Waals surface area contributed by atoms with Crippen LogP contribution in [0, 0.1) is 11.8 Å². The minimum atomic E-state index is -0.412. The van der Waals surface area contributed by atoms with Gasteiger partial charge >= 0.3 is 24.2 Å². The molecule has 2 fully saturated rings. The summed E-state index contributed by atoms with van der Waals surface area (Å²) in [5, 5.41) is 19.2. The van der Waals surface area contributed by atoms with Gasteiger partial charge in [-0.1, -0.05) is 86.7 Å². The molecule has 3 amide bonds. The minimum Gasteiger partial charge on any atom is -1.00 e. The van der Waals surface area contributed by atoms with Crippen molar-refractivity contribution < 1.29 is 123 Å². The summed E-state index contributed by atoms with van der Waals surface area (Å²) >= 11 is 0. The number of ether oxygens (including phenoxy) is 8. The molecule has 2 saturated heterocycles. The molecule has 0 bridgehead atoms. The van der Waals surface area contributed by atoms with Gasteiger partial charge in [0.25, 0.3) is 0 Å². The Labute approximate surface area is 805 Å². The number of fused-ring (bicyclic) bond motifs is 4. The summed E-state index contributed by atoms with van der Waals surface area (Å²) in [5.41, 5.74) is 11.8. The highest BCUT2D eigenvalue weighted by Crippen LogP contribution is 2.56. The second kappa shape index (κ2) is 49.8. The molecular formula is C102H142Br2ClN11O15. The number of piperidine rings is 1. The van der Waals surface area contributed by atoms with E-state index in [0.29, 0.717) is 76.2 Å². The number of pyridine rings is 1. The zero-order chi connectivity index (χ0) is 93.7. The number of amides is 3. The third kappa shape index (κ3) is 28.8. The number of esters is 1. The number of phenolic OH excluding ortho intramolecular Hbond substituents is 1. The average molecular weight is 1960 g/mol. The van der Waals surface area contributed by atoms with Gasteiger partial charge in [0, 0.05) is 134 Å². The summed E-state index contributed by atoms with van der Waals surface area (Å²) in [5.74, 6) is 6.60. The van der Waals surface area contributed by atoms with E-state index in [4.69, 9.17) is 37.9 Å². The second-order valence-electron chi connectivity index (χ2n) is 36.5. The molecule has 26 nitrogen and oxygen atoms in total. The normalized spacial score (nSPS) is 19.1. The van der Waals surface area contributed by atoms with Crippen molar-refractivity contribution in [2.45, 2.75) is 134 Å². The number of rotatable bonds is 18. The number of hydrogen-bond acceptors (Lipinski definition) is 20. The van der Waals surface area contributed by atoms with Crippen LogP contribution in [0.25, 0.3) is 0 Å². The molecule has 716 valence electrons. The van der Waals surface area contributed by atoms with Crippen molar-refractivity contribution in [2.24, 2.45) is 18.9 Å². The van der Waals surface area contributed by atoms with Crippen molar-refractivity contribution in [3.63, 3.8) is 0 Å². The maximum atomic E-state index is 12.9. The Bertz CT molecular complexity index is 5090. The third-order valence-electron chi connectivity index (χ3n) is 25.3. The summed E-state index contributed by atoms with van der Waals surface area (Å²) in [4.78, 5) is 74.6. The highest BCUT2D eigenvalue weighted by molar-refractivity contribution is 6.03. The lowest BCUT2D eigenvalue weighted by Gasteiger charge is -2.35. The van der Waals surface area contributed by atoms with Gasteiger partial charge in [-0.3, -0.25) is 28.4 Å². The van der Waals surface area contributed by atoms with Crippen molar-refractivity contribution in [1.29, 1.82) is 0 Å². The van der Waals surface area contributed by atoms with E-state index in [2.05, 4.69) is 156 Å². The number of aliphatic hydroxyl groups is 1. The van der Waals surface area contributed by atoms with E-state index in [-0.39, 0.29) is 105 Å². The number of aromatic nitrogens is 1. The molecule has 8 aromatic rings. The molecule has 1 unspecified atom stereocenters. The van der Waals surface area contributed by atoms with Gasteiger partial charge in [-0.05, 0) is 220 Å². The number of nitrogens with zero attached hydrogens (tertiary/aromatic N) is 11. The number of benzene rings is 7. The number of likely N-dealkylation sites (N-methyl/N-ethyl adjacent to an activating group) is 2. The SMILES string of the molecule is CCC(=O)Oc1ccc2c(c1)[C@]1(C)CCN(C)[C@@H]1N2C.CCN(C)C(=O)Oc1cccc([C@H](C)N(C)C)c1.CC[N+](C)(C)c1cccc(O)c1.CN(C)C(=O)Oc1ccc[n+](C)c1.CN(C)C(=O)Oc1cccc([N+](C)(C)C)c1.COc1cc2c(cc1OC)C(=O)C(CC1CCN(Cc3ccccc3)CC1)C2.COc1ccc2c3c1O[C@H]1C[C@@H](O)C=C[C@@]31CCN(C)C2.[Br-].[Br-].[Cl-]. The van der Waals surface area contributed by atoms with Gasteiger partial charge < -0.3 is 124 Å². The Balaban J connectivity index is 0.000000238. The Hall–Kier alpha value is -9.85. The Morgan fingerprint density at radius 3 is 1.85 bits per heavy atom. The van der Waals surface area contributed by atoms with Crippen LogP contribution in [0.15, 0.2) is 182 Å². The highest BCUT2D eigenvalue weighted by atomic mass is 79.9. The third-order valence-corrected chi connectivity index (χ3v) is 25.3. The second-order valence-corrected chi connectivity index (χ2v) is 36.5. The first-order valence-corrected chi connectivity index (χ1v) is 44.4. The zero-order valence-corrected chi connectivity index (χ0v) is 85.3. The first-order valence-electron chi connectivity index (χ1n) is 44.4. The lowest BCUT2D eigenvalue weighted by atomic mass is 9.69. The number of carbonyl (C=O) groups is 5. The monoisotopic (exact) mass is 1950 g/mol. The van der Waals surface area contributed by atoms with Gasteiger partial charge in [0.2, 0.25) is 6.20 Å². The smallest absolute Gasteiger partial charge is 0.414 e. The van der Waals surface area contributed by atoms with Crippen LogP contribution in [0.3, 0.4) is 0 Å². The van der Waals surface area contributed by atoms with Crippen LogP contribution in [0.5, 0.6) is 51.7 Å². The topological polar surface area (TPSA) is 229 Å². The van der Waals surface area contributed by atoms with Crippen molar-refractivity contribution in [2.75, 3.05) is 171 Å². The number of quaternary nitrogens is 2. The number of Topliss-reactive ketones (excluding diaryl/α,β-unsaturated/α-hetero) is 1. The number of likely N-dealkylation sites (tertiary alicyclic amines) is 2. The Morgan fingerprint density at radius 2 is 1.25 bits per heavy atom. The van der Waals surface area contributed by atoms with E-state index in [1.807, 2.05) is 137 Å². The number of aromatic hydroxyl groups is 1. The van der Waals surface area contributed by atoms with Crippen molar-refractivity contribution >= 4 is 47.1 Å². The molecule has 2 aliphatic carbocycles. The van der Waals surface area contributed by atoms with Crippen LogP contribution in [0.4, 0.5) is 31.4 Å². The summed E-state index contributed by atoms with van der Waals surface area (Å²) in [6.07, 6.45) is 14.1. The van der Waals surface area contributed by atoms with Crippen LogP contribution in [0.1, 0.15) is 129 Å². The summed E-state index contributed by atoms with van der Waals surface area (Å²) in [6, 6.07) is 51.1. The molecule has 1 aromatic heterocycles. The zero-order valence-electron chi connectivity index (χ0n) is 81.4. The summed E-state index contributed by atoms with van der Waals surface area (Å²) in [6.45, 7) is 18.2.